The smallest absolute Gasteiger partial charge is 0.0600 e. The van der Waals surface area contributed by atoms with Crippen LogP contribution in [0.2, 0.25) is 0 Å². The van der Waals surface area contributed by atoms with Gasteiger partial charge in [0.25, 0.3) is 0 Å². The maximum Gasteiger partial charge on any atom is 0.0600 e. The van der Waals surface area contributed by atoms with Crippen molar-refractivity contribution in [3.8, 4) is 0 Å². The van der Waals surface area contributed by atoms with E-state index in [0.29, 0.717) is 5.92 Å². The normalized spacial score (nSPS) is 14.6. The van der Waals surface area contributed by atoms with Crippen LogP contribution in [0.3, 0.4) is 0 Å². The van der Waals surface area contributed by atoms with Crippen molar-refractivity contribution >= 4 is 0 Å². The van der Waals surface area contributed by atoms with Gasteiger partial charge in [-0.2, -0.15) is 0 Å². The number of nitrogens with one attached hydrogen (secondary N) is 1. The second-order valence-corrected chi connectivity index (χ2v) is 2.20. The van der Waals surface area contributed by atoms with Crippen LogP contribution in [0.1, 0.15) is 13.8 Å². The Morgan fingerprint density at radius 2 is 2.12 bits per heavy atom. The summed E-state index contributed by atoms with van der Waals surface area (Å²) in [6, 6.07) is 0.0370. The van der Waals surface area contributed by atoms with E-state index in [1.54, 1.807) is 0 Å². The van der Waals surface area contributed by atoms with Crippen LogP contribution in [0.4, 0.5) is 0 Å². The molecule has 0 aromatic carbocycles. The maximum atomic E-state index is 8.55. The van der Waals surface area contributed by atoms with Crippen molar-refractivity contribution < 1.29 is 5.11 Å². The zero-order chi connectivity index (χ0) is 6.57. The van der Waals surface area contributed by atoms with Crippen LogP contribution >= 0.6 is 0 Å². The summed E-state index contributed by atoms with van der Waals surface area (Å²) in [5.74, 6) is 5.47. The fraction of sp³-hybridized carbons (Fsp3) is 1.00. The Kier molecular flexibility index (Phi) is 3.77. The Morgan fingerprint density at radius 3 is 2.12 bits per heavy atom. The summed E-state index contributed by atoms with van der Waals surface area (Å²) >= 11 is 0. The third kappa shape index (κ3) is 2.26. The Morgan fingerprint density at radius 1 is 1.62 bits per heavy atom. The van der Waals surface area contributed by atoms with E-state index in [0.717, 1.165) is 0 Å². The molecule has 0 aliphatic rings. The first-order valence-electron chi connectivity index (χ1n) is 2.79. The number of rotatable bonds is 3. The number of hydrazine groups is 1. The molecule has 0 aromatic heterocycles. The first-order valence-corrected chi connectivity index (χ1v) is 2.79. The van der Waals surface area contributed by atoms with Crippen molar-refractivity contribution in [2.75, 3.05) is 6.61 Å². The maximum absolute atomic E-state index is 8.55. The molecule has 0 saturated carbocycles. The van der Waals surface area contributed by atoms with Gasteiger partial charge in [0.15, 0.2) is 0 Å². The van der Waals surface area contributed by atoms with Crippen molar-refractivity contribution in [1.82, 2.24) is 5.43 Å². The highest BCUT2D eigenvalue weighted by molar-refractivity contribution is 4.64. The van der Waals surface area contributed by atoms with Crippen LogP contribution in [-0.2, 0) is 0 Å². The molecule has 0 saturated heterocycles. The molecule has 0 aliphatic carbocycles. The van der Waals surface area contributed by atoms with Crippen LogP contribution in [0.15, 0.2) is 0 Å². The van der Waals surface area contributed by atoms with Gasteiger partial charge in [0.2, 0.25) is 0 Å². The molecule has 50 valence electrons. The second-order valence-electron chi connectivity index (χ2n) is 2.20. The minimum atomic E-state index is 0.0370. The molecule has 1 atom stereocenters. The number of aliphatic hydroxyl groups excluding tert-OH is 1. The summed E-state index contributed by atoms with van der Waals surface area (Å²) in [4.78, 5) is 0. The molecular formula is C5H14N2O. The molecule has 1 unspecified atom stereocenters. The van der Waals surface area contributed by atoms with Gasteiger partial charge in [-0.15, -0.1) is 0 Å². The average molecular weight is 118 g/mol. The van der Waals surface area contributed by atoms with E-state index < -0.39 is 0 Å². The van der Waals surface area contributed by atoms with Gasteiger partial charge in [-0.3, -0.25) is 11.3 Å². The number of hydrogen-bond acceptors (Lipinski definition) is 3. The summed E-state index contributed by atoms with van der Waals surface area (Å²) in [5.41, 5.74) is 2.50. The summed E-state index contributed by atoms with van der Waals surface area (Å²) < 4.78 is 0. The highest BCUT2D eigenvalue weighted by atomic mass is 16.3. The Hall–Kier alpha value is -0.120. The molecule has 4 N–H and O–H groups in total. The van der Waals surface area contributed by atoms with E-state index >= 15 is 0 Å². The minimum Gasteiger partial charge on any atom is -0.395 e. The van der Waals surface area contributed by atoms with E-state index in [-0.39, 0.29) is 12.6 Å². The Balaban J connectivity index is 3.35. The van der Waals surface area contributed by atoms with Crippen LogP contribution in [0, 0.1) is 5.92 Å². The second kappa shape index (κ2) is 3.83. The number of hydrogen-bond donors (Lipinski definition) is 3. The van der Waals surface area contributed by atoms with Crippen LogP contribution in [0.5, 0.6) is 0 Å². The fourth-order valence-electron chi connectivity index (χ4n) is 0.456. The highest BCUT2D eigenvalue weighted by Crippen LogP contribution is 1.97. The molecule has 8 heavy (non-hydrogen) atoms. The van der Waals surface area contributed by atoms with Crippen molar-refractivity contribution in [3.05, 3.63) is 0 Å². The molecule has 0 rings (SSSR count). The fourth-order valence-corrected chi connectivity index (χ4v) is 0.456. The van der Waals surface area contributed by atoms with E-state index in [1.807, 2.05) is 13.8 Å². The van der Waals surface area contributed by atoms with Crippen LogP contribution in [0.25, 0.3) is 0 Å². The molecule has 0 heterocycles. The average Bonchev–Trinajstić information content (AvgIpc) is 1.69. The summed E-state index contributed by atoms with van der Waals surface area (Å²) in [6.07, 6.45) is 0. The zero-order valence-corrected chi connectivity index (χ0v) is 5.39. The molecule has 0 radical (unpaired) electrons. The van der Waals surface area contributed by atoms with Crippen molar-refractivity contribution in [3.63, 3.8) is 0 Å². The molecule has 3 heteroatoms. The van der Waals surface area contributed by atoms with Gasteiger partial charge < -0.3 is 5.11 Å². The van der Waals surface area contributed by atoms with Gasteiger partial charge in [0, 0.05) is 6.04 Å². The SMILES string of the molecule is CC(C)C(CO)NN. The molecule has 3 nitrogen and oxygen atoms in total. The van der Waals surface area contributed by atoms with E-state index in [2.05, 4.69) is 5.43 Å². The molecule has 0 spiro atoms. The summed E-state index contributed by atoms with van der Waals surface area (Å²) in [6.45, 7) is 4.11. The Bertz CT molecular complexity index is 52.4. The van der Waals surface area contributed by atoms with Crippen molar-refractivity contribution in [2.45, 2.75) is 19.9 Å². The van der Waals surface area contributed by atoms with Crippen molar-refractivity contribution in [2.24, 2.45) is 11.8 Å². The van der Waals surface area contributed by atoms with Gasteiger partial charge in [0.05, 0.1) is 6.61 Å². The quantitative estimate of drug-likeness (QED) is 0.345. The van der Waals surface area contributed by atoms with Crippen LogP contribution < -0.4 is 11.3 Å². The van der Waals surface area contributed by atoms with Gasteiger partial charge in [-0.1, -0.05) is 13.8 Å². The molecular weight excluding hydrogens is 104 g/mol. The number of aliphatic hydroxyl groups is 1. The predicted octanol–water partition coefficient (Wildman–Crippen LogP) is -0.533. The molecule has 0 aromatic rings. The lowest BCUT2D eigenvalue weighted by Crippen LogP contribution is -2.41. The molecule has 0 fully saturated rings. The van der Waals surface area contributed by atoms with E-state index in [4.69, 9.17) is 10.9 Å². The lowest BCUT2D eigenvalue weighted by Gasteiger charge is -2.15. The first-order chi connectivity index (χ1) is 3.72. The minimum absolute atomic E-state index is 0.0370. The van der Waals surface area contributed by atoms with Gasteiger partial charge in [-0.05, 0) is 5.92 Å². The van der Waals surface area contributed by atoms with Crippen molar-refractivity contribution in [1.29, 1.82) is 0 Å². The number of nitrogens with two attached hydrogens (primary N) is 1. The van der Waals surface area contributed by atoms with E-state index in [9.17, 15) is 0 Å². The summed E-state index contributed by atoms with van der Waals surface area (Å²) in [7, 11) is 0. The third-order valence-corrected chi connectivity index (χ3v) is 1.22. The molecule has 0 aliphatic heterocycles. The van der Waals surface area contributed by atoms with E-state index in [1.165, 1.54) is 0 Å². The highest BCUT2D eigenvalue weighted by Gasteiger charge is 2.07. The lowest BCUT2D eigenvalue weighted by atomic mass is 10.1. The van der Waals surface area contributed by atoms with Gasteiger partial charge in [0.1, 0.15) is 0 Å². The Labute approximate surface area is 49.9 Å². The third-order valence-electron chi connectivity index (χ3n) is 1.22. The van der Waals surface area contributed by atoms with Crippen LogP contribution in [-0.4, -0.2) is 17.8 Å². The lowest BCUT2D eigenvalue weighted by molar-refractivity contribution is 0.212. The standard InChI is InChI=1S/C5H14N2O/c1-4(2)5(3-8)7-6/h4-5,7-8H,3,6H2,1-2H3. The van der Waals surface area contributed by atoms with Gasteiger partial charge >= 0.3 is 0 Å². The monoisotopic (exact) mass is 118 g/mol. The molecule has 0 bridgehead atoms. The zero-order valence-electron chi connectivity index (χ0n) is 5.39. The largest absolute Gasteiger partial charge is 0.395 e. The predicted molar refractivity (Wildman–Crippen MR) is 33.0 cm³/mol. The van der Waals surface area contributed by atoms with Gasteiger partial charge in [-0.25, -0.2) is 0 Å². The topological polar surface area (TPSA) is 58.3 Å². The first kappa shape index (κ1) is 7.88. The summed E-state index contributed by atoms with van der Waals surface area (Å²) in [5, 5.41) is 8.55. The molecule has 0 amide bonds.